The molecule has 0 spiro atoms. The van der Waals surface area contributed by atoms with Gasteiger partial charge in [0.1, 0.15) is 0 Å². The molecule has 2 atom stereocenters. The second-order valence-corrected chi connectivity index (χ2v) is 6.65. The van der Waals surface area contributed by atoms with Crippen LogP contribution in [0, 0.1) is 5.92 Å². The lowest BCUT2D eigenvalue weighted by atomic mass is 9.85. The van der Waals surface area contributed by atoms with Gasteiger partial charge in [-0.3, -0.25) is 0 Å². The molecule has 106 valence electrons. The quantitative estimate of drug-likeness (QED) is 0.839. The first-order valence-electron chi connectivity index (χ1n) is 6.86. The van der Waals surface area contributed by atoms with Crippen molar-refractivity contribution in [3.63, 3.8) is 0 Å². The fourth-order valence-electron chi connectivity index (χ4n) is 3.29. The topological polar surface area (TPSA) is 12.0 Å². The van der Waals surface area contributed by atoms with Gasteiger partial charge in [-0.15, -0.1) is 0 Å². The van der Waals surface area contributed by atoms with Crippen molar-refractivity contribution in [2.45, 2.75) is 68.5 Å². The molecule has 2 unspecified atom stereocenters. The summed E-state index contributed by atoms with van der Waals surface area (Å²) in [6, 6.07) is 0.828. The van der Waals surface area contributed by atoms with E-state index >= 15 is 0 Å². The molecule has 0 aromatic rings. The Hall–Kier alpha value is 0.100. The Balaban J connectivity index is 1.77. The van der Waals surface area contributed by atoms with Crippen LogP contribution in [-0.4, -0.2) is 29.8 Å². The fourth-order valence-corrected chi connectivity index (χ4v) is 4.23. The molecule has 1 nitrogen and oxygen atoms in total. The summed E-state index contributed by atoms with van der Waals surface area (Å²) in [4.78, 5) is 0. The Kier molecular flexibility index (Phi) is 4.86. The van der Waals surface area contributed by atoms with Crippen molar-refractivity contribution in [1.82, 2.24) is 5.32 Å². The standard InChI is InChI=1S/C13H22F3NS/c1-18-12-4-2-3-11(12)17-10-7-5-9(6-8-10)13(14,15)16/h9-12,17H,2-8H2,1H3. The summed E-state index contributed by atoms with van der Waals surface area (Å²) in [5, 5.41) is 4.26. The van der Waals surface area contributed by atoms with Crippen LogP contribution in [0.2, 0.25) is 0 Å². The molecule has 1 N–H and O–H groups in total. The molecule has 0 amide bonds. The van der Waals surface area contributed by atoms with Crippen molar-refractivity contribution in [2.75, 3.05) is 6.26 Å². The Morgan fingerprint density at radius 2 is 1.67 bits per heavy atom. The summed E-state index contributed by atoms with van der Waals surface area (Å²) < 4.78 is 37.7. The predicted molar refractivity (Wildman–Crippen MR) is 69.9 cm³/mol. The van der Waals surface area contributed by atoms with E-state index in [2.05, 4.69) is 11.6 Å². The van der Waals surface area contributed by atoms with Crippen molar-refractivity contribution < 1.29 is 13.2 Å². The normalized spacial score (nSPS) is 38.0. The Bertz CT molecular complexity index is 261. The summed E-state index contributed by atoms with van der Waals surface area (Å²) in [6.45, 7) is 0. The highest BCUT2D eigenvalue weighted by Crippen LogP contribution is 2.38. The molecule has 2 aliphatic carbocycles. The van der Waals surface area contributed by atoms with E-state index in [-0.39, 0.29) is 0 Å². The minimum absolute atomic E-state index is 0.303. The van der Waals surface area contributed by atoms with E-state index in [1.165, 1.54) is 19.3 Å². The molecule has 2 fully saturated rings. The van der Waals surface area contributed by atoms with Crippen molar-refractivity contribution in [3.05, 3.63) is 0 Å². The van der Waals surface area contributed by atoms with Crippen LogP contribution < -0.4 is 5.32 Å². The molecule has 5 heteroatoms. The summed E-state index contributed by atoms with van der Waals surface area (Å²) in [7, 11) is 0. The van der Waals surface area contributed by atoms with E-state index < -0.39 is 12.1 Å². The van der Waals surface area contributed by atoms with Crippen LogP contribution in [0.1, 0.15) is 44.9 Å². The van der Waals surface area contributed by atoms with E-state index in [1.807, 2.05) is 11.8 Å². The Morgan fingerprint density at radius 1 is 1.00 bits per heavy atom. The molecule has 0 aliphatic heterocycles. The lowest BCUT2D eigenvalue weighted by molar-refractivity contribution is -0.182. The van der Waals surface area contributed by atoms with Gasteiger partial charge in [-0.05, 0) is 44.8 Å². The first-order valence-corrected chi connectivity index (χ1v) is 8.15. The van der Waals surface area contributed by atoms with Gasteiger partial charge in [-0.25, -0.2) is 0 Å². The second-order valence-electron chi connectivity index (χ2n) is 5.57. The molecule has 0 saturated heterocycles. The molecular formula is C13H22F3NS. The zero-order valence-corrected chi connectivity index (χ0v) is 11.6. The molecule has 0 aromatic carbocycles. The molecule has 0 aromatic heterocycles. The molecule has 18 heavy (non-hydrogen) atoms. The second kappa shape index (κ2) is 6.04. The molecule has 0 bridgehead atoms. The van der Waals surface area contributed by atoms with Crippen LogP contribution in [0.4, 0.5) is 13.2 Å². The third-order valence-electron chi connectivity index (χ3n) is 4.40. The van der Waals surface area contributed by atoms with Crippen LogP contribution in [0.25, 0.3) is 0 Å². The van der Waals surface area contributed by atoms with Gasteiger partial charge in [-0.2, -0.15) is 24.9 Å². The van der Waals surface area contributed by atoms with E-state index in [4.69, 9.17) is 0 Å². The van der Waals surface area contributed by atoms with Crippen LogP contribution in [0.5, 0.6) is 0 Å². The minimum Gasteiger partial charge on any atom is -0.310 e. The third kappa shape index (κ3) is 3.56. The first-order chi connectivity index (χ1) is 8.50. The van der Waals surface area contributed by atoms with Crippen molar-refractivity contribution >= 4 is 11.8 Å². The number of rotatable bonds is 3. The minimum atomic E-state index is -3.99. The van der Waals surface area contributed by atoms with E-state index in [0.29, 0.717) is 43.0 Å². The number of hydrogen-bond acceptors (Lipinski definition) is 2. The summed E-state index contributed by atoms with van der Waals surface area (Å²) in [6.07, 6.45) is 3.80. The molecule has 2 saturated carbocycles. The van der Waals surface area contributed by atoms with Crippen LogP contribution in [0.3, 0.4) is 0 Å². The average Bonchev–Trinajstić information content (AvgIpc) is 2.76. The highest BCUT2D eigenvalue weighted by Gasteiger charge is 2.41. The van der Waals surface area contributed by atoms with Gasteiger partial charge in [0.05, 0.1) is 5.92 Å². The fraction of sp³-hybridized carbons (Fsp3) is 1.00. The van der Waals surface area contributed by atoms with E-state index in [0.717, 1.165) is 0 Å². The number of nitrogens with one attached hydrogen (secondary N) is 1. The Labute approximate surface area is 111 Å². The van der Waals surface area contributed by atoms with Gasteiger partial charge >= 0.3 is 6.18 Å². The van der Waals surface area contributed by atoms with Crippen LogP contribution >= 0.6 is 11.8 Å². The maximum atomic E-state index is 12.6. The van der Waals surface area contributed by atoms with Crippen molar-refractivity contribution in [1.29, 1.82) is 0 Å². The lowest BCUT2D eigenvalue weighted by Crippen LogP contribution is -2.44. The molecule has 0 radical (unpaired) electrons. The van der Waals surface area contributed by atoms with Gasteiger partial charge < -0.3 is 5.32 Å². The average molecular weight is 281 g/mol. The highest BCUT2D eigenvalue weighted by molar-refractivity contribution is 7.99. The van der Waals surface area contributed by atoms with Gasteiger partial charge in [0, 0.05) is 17.3 Å². The highest BCUT2D eigenvalue weighted by atomic mass is 32.2. The predicted octanol–water partition coefficient (Wildman–Crippen LogP) is 3.98. The zero-order valence-electron chi connectivity index (χ0n) is 10.8. The third-order valence-corrected chi connectivity index (χ3v) is 5.56. The van der Waals surface area contributed by atoms with E-state index in [1.54, 1.807) is 0 Å². The summed E-state index contributed by atoms with van der Waals surface area (Å²) >= 11 is 1.89. The number of thioether (sulfide) groups is 1. The van der Waals surface area contributed by atoms with Gasteiger partial charge in [-0.1, -0.05) is 6.42 Å². The number of halogens is 3. The van der Waals surface area contributed by atoms with Gasteiger partial charge in [0.2, 0.25) is 0 Å². The lowest BCUT2D eigenvalue weighted by Gasteiger charge is -2.33. The molecular weight excluding hydrogens is 259 g/mol. The monoisotopic (exact) mass is 281 g/mol. The molecule has 2 aliphatic rings. The largest absolute Gasteiger partial charge is 0.391 e. The molecule has 2 rings (SSSR count). The smallest absolute Gasteiger partial charge is 0.310 e. The van der Waals surface area contributed by atoms with Gasteiger partial charge in [0.15, 0.2) is 0 Å². The van der Waals surface area contributed by atoms with Crippen LogP contribution in [-0.2, 0) is 0 Å². The van der Waals surface area contributed by atoms with Crippen molar-refractivity contribution in [2.24, 2.45) is 5.92 Å². The Morgan fingerprint density at radius 3 is 2.22 bits per heavy atom. The van der Waals surface area contributed by atoms with Crippen molar-refractivity contribution in [3.8, 4) is 0 Å². The van der Waals surface area contributed by atoms with E-state index in [9.17, 15) is 13.2 Å². The SMILES string of the molecule is CSC1CCCC1NC1CCC(C(F)(F)F)CC1. The number of hydrogen-bond donors (Lipinski definition) is 1. The number of alkyl halides is 3. The maximum Gasteiger partial charge on any atom is 0.391 e. The molecule has 0 heterocycles. The van der Waals surface area contributed by atoms with Crippen LogP contribution in [0.15, 0.2) is 0 Å². The summed E-state index contributed by atoms with van der Waals surface area (Å²) in [5.74, 6) is -1.06. The zero-order chi connectivity index (χ0) is 13.2. The van der Waals surface area contributed by atoms with Gasteiger partial charge in [0.25, 0.3) is 0 Å². The first kappa shape index (κ1) is 14.5. The maximum absolute atomic E-state index is 12.6. The summed E-state index contributed by atoms with van der Waals surface area (Å²) in [5.41, 5.74) is 0.